The van der Waals surface area contributed by atoms with E-state index in [4.69, 9.17) is 9.47 Å². The number of nitrogens with zero attached hydrogens (tertiary/aromatic N) is 1. The van der Waals surface area contributed by atoms with Gasteiger partial charge in [-0.05, 0) is 24.3 Å². The molecule has 2 aliphatic rings. The first-order valence-electron chi connectivity index (χ1n) is 7.19. The predicted octanol–water partition coefficient (Wildman–Crippen LogP) is 2.78. The zero-order valence-corrected chi connectivity index (χ0v) is 12.9. The number of hydrogen-bond acceptors (Lipinski definition) is 4. The first-order chi connectivity index (χ1) is 10.2. The molecule has 6 heteroatoms. The summed E-state index contributed by atoms with van der Waals surface area (Å²) in [5.41, 5.74) is 0.785. The lowest BCUT2D eigenvalue weighted by Crippen LogP contribution is -2.46. The normalized spacial score (nSPS) is 20.5. The molecule has 2 fully saturated rings. The van der Waals surface area contributed by atoms with Gasteiger partial charge in [0.2, 0.25) is 0 Å². The van der Waals surface area contributed by atoms with E-state index in [-0.39, 0.29) is 11.0 Å². The number of hydrogen-bond donors (Lipinski definition) is 1. The molecule has 3 rings (SSSR count). The molecule has 1 aromatic rings. The molecule has 5 nitrogen and oxygen atoms in total. The van der Waals surface area contributed by atoms with Crippen molar-refractivity contribution in [3.8, 4) is 5.75 Å². The number of rotatable bonds is 2. The van der Waals surface area contributed by atoms with E-state index in [0.29, 0.717) is 0 Å². The van der Waals surface area contributed by atoms with Crippen LogP contribution in [-0.2, 0) is 4.74 Å². The Balaban J connectivity index is 1.54. The highest BCUT2D eigenvalue weighted by atomic mass is 32.2. The number of carbonyl (C=O) groups excluding carboxylic acids is 1. The summed E-state index contributed by atoms with van der Waals surface area (Å²) in [5, 5.41) is 2.93. The van der Waals surface area contributed by atoms with Gasteiger partial charge in [0.1, 0.15) is 10.7 Å². The molecular formula is C15H20N2O3S. The zero-order chi connectivity index (χ0) is 14.7. The molecule has 2 aliphatic heterocycles. The van der Waals surface area contributed by atoms with Crippen LogP contribution in [0.15, 0.2) is 24.3 Å². The predicted molar refractivity (Wildman–Crippen MR) is 84.0 cm³/mol. The molecular weight excluding hydrogens is 288 g/mol. The van der Waals surface area contributed by atoms with Crippen molar-refractivity contribution in [2.24, 2.45) is 0 Å². The molecule has 21 heavy (non-hydrogen) atoms. The fourth-order valence-corrected chi connectivity index (χ4v) is 3.89. The second-order valence-electron chi connectivity index (χ2n) is 5.25. The van der Waals surface area contributed by atoms with Crippen LogP contribution >= 0.6 is 11.8 Å². The molecule has 1 spiro atoms. The van der Waals surface area contributed by atoms with Gasteiger partial charge in [0.05, 0.1) is 13.7 Å². The van der Waals surface area contributed by atoms with Gasteiger partial charge in [-0.3, -0.25) is 0 Å². The van der Waals surface area contributed by atoms with Crippen LogP contribution in [0.1, 0.15) is 12.8 Å². The molecule has 2 heterocycles. The van der Waals surface area contributed by atoms with Crippen LogP contribution in [0.25, 0.3) is 0 Å². The highest BCUT2D eigenvalue weighted by molar-refractivity contribution is 8.00. The van der Waals surface area contributed by atoms with Crippen molar-refractivity contribution >= 4 is 23.5 Å². The molecule has 0 aliphatic carbocycles. The Labute approximate surface area is 129 Å². The summed E-state index contributed by atoms with van der Waals surface area (Å²) in [6.07, 6.45) is 1.82. The molecule has 114 valence electrons. The third kappa shape index (κ3) is 3.27. The molecule has 2 saturated heterocycles. The Bertz CT molecular complexity index is 490. The van der Waals surface area contributed by atoms with Crippen LogP contribution in [0.3, 0.4) is 0 Å². The minimum absolute atomic E-state index is 0.0309. The molecule has 0 unspecified atom stereocenters. The van der Waals surface area contributed by atoms with Crippen molar-refractivity contribution in [1.82, 2.24) is 4.90 Å². The number of benzene rings is 1. The average molecular weight is 308 g/mol. The van der Waals surface area contributed by atoms with Gasteiger partial charge in [0.25, 0.3) is 0 Å². The van der Waals surface area contributed by atoms with Crippen LogP contribution in [0.4, 0.5) is 10.5 Å². The first kappa shape index (κ1) is 14.5. The van der Waals surface area contributed by atoms with Gasteiger partial charge in [0, 0.05) is 37.4 Å². The fraction of sp³-hybridized carbons (Fsp3) is 0.533. The van der Waals surface area contributed by atoms with E-state index >= 15 is 0 Å². The maximum atomic E-state index is 12.3. The average Bonchev–Trinajstić information content (AvgIpc) is 2.97. The minimum Gasteiger partial charge on any atom is -0.497 e. The van der Waals surface area contributed by atoms with E-state index in [2.05, 4.69) is 5.32 Å². The van der Waals surface area contributed by atoms with Crippen molar-refractivity contribution < 1.29 is 14.3 Å². The van der Waals surface area contributed by atoms with Crippen molar-refractivity contribution in [2.75, 3.05) is 37.9 Å². The van der Waals surface area contributed by atoms with E-state index in [1.165, 1.54) is 0 Å². The third-order valence-electron chi connectivity index (χ3n) is 3.97. The van der Waals surface area contributed by atoms with Crippen molar-refractivity contribution in [3.63, 3.8) is 0 Å². The number of amides is 2. The minimum atomic E-state index is -0.0435. The molecule has 0 saturated carbocycles. The van der Waals surface area contributed by atoms with Crippen LogP contribution in [-0.4, -0.2) is 48.4 Å². The largest absolute Gasteiger partial charge is 0.497 e. The lowest BCUT2D eigenvalue weighted by atomic mass is 10.1. The summed E-state index contributed by atoms with van der Waals surface area (Å²) in [4.78, 5) is 14.1. The van der Waals surface area contributed by atoms with Gasteiger partial charge in [-0.1, -0.05) is 0 Å². The smallest absolute Gasteiger partial charge is 0.321 e. The Kier molecular flexibility index (Phi) is 4.26. The number of thioether (sulfide) groups is 1. The topological polar surface area (TPSA) is 50.8 Å². The summed E-state index contributed by atoms with van der Waals surface area (Å²) < 4.78 is 10.9. The Hall–Kier alpha value is -1.40. The first-order valence-corrected chi connectivity index (χ1v) is 8.17. The summed E-state index contributed by atoms with van der Waals surface area (Å²) in [5.74, 6) is 1.85. The maximum Gasteiger partial charge on any atom is 0.321 e. The maximum absolute atomic E-state index is 12.3. The molecule has 0 aromatic heterocycles. The monoisotopic (exact) mass is 308 g/mol. The summed E-state index contributed by atoms with van der Waals surface area (Å²) in [6.45, 7) is 2.33. The van der Waals surface area contributed by atoms with Gasteiger partial charge >= 0.3 is 6.03 Å². The van der Waals surface area contributed by atoms with Crippen molar-refractivity contribution in [2.45, 2.75) is 17.8 Å². The lowest BCUT2D eigenvalue weighted by Gasteiger charge is -2.37. The second kappa shape index (κ2) is 6.15. The van der Waals surface area contributed by atoms with E-state index < -0.39 is 0 Å². The number of anilines is 1. The number of carbonyl (C=O) groups is 1. The summed E-state index contributed by atoms with van der Waals surface area (Å²) in [6, 6.07) is 7.32. The number of piperidine rings is 1. The number of nitrogens with one attached hydrogen (secondary N) is 1. The van der Waals surface area contributed by atoms with E-state index in [9.17, 15) is 4.79 Å². The Morgan fingerprint density at radius 2 is 2.05 bits per heavy atom. The van der Waals surface area contributed by atoms with E-state index in [1.54, 1.807) is 7.11 Å². The third-order valence-corrected chi connectivity index (χ3v) is 5.39. The van der Waals surface area contributed by atoms with Gasteiger partial charge in [0.15, 0.2) is 0 Å². The molecule has 2 amide bonds. The van der Waals surface area contributed by atoms with Crippen LogP contribution < -0.4 is 10.1 Å². The van der Waals surface area contributed by atoms with Gasteiger partial charge < -0.3 is 19.7 Å². The summed E-state index contributed by atoms with van der Waals surface area (Å²) in [7, 11) is 1.63. The number of methoxy groups -OCH3 is 1. The van der Waals surface area contributed by atoms with Crippen molar-refractivity contribution in [3.05, 3.63) is 24.3 Å². The summed E-state index contributed by atoms with van der Waals surface area (Å²) >= 11 is 1.89. The number of likely N-dealkylation sites (tertiary alicyclic amines) is 1. The SMILES string of the molecule is COc1ccc(NC(=O)N2CCC3(CC2)OCCS3)cc1. The van der Waals surface area contributed by atoms with Crippen LogP contribution in [0.2, 0.25) is 0 Å². The highest BCUT2D eigenvalue weighted by Crippen LogP contribution is 2.41. The van der Waals surface area contributed by atoms with Crippen LogP contribution in [0.5, 0.6) is 5.75 Å². The second-order valence-corrected chi connectivity index (χ2v) is 6.69. The van der Waals surface area contributed by atoms with E-state index in [0.717, 1.165) is 49.7 Å². The van der Waals surface area contributed by atoms with Crippen LogP contribution in [0, 0.1) is 0 Å². The molecule has 0 atom stereocenters. The number of ether oxygens (including phenoxy) is 2. The van der Waals surface area contributed by atoms with Gasteiger partial charge in [-0.15, -0.1) is 11.8 Å². The standard InChI is InChI=1S/C15H20N2O3S/c1-19-13-4-2-12(3-5-13)16-14(18)17-8-6-15(7-9-17)20-10-11-21-15/h2-5H,6-11H2,1H3,(H,16,18). The lowest BCUT2D eigenvalue weighted by molar-refractivity contribution is 0.0105. The molecule has 0 bridgehead atoms. The highest BCUT2D eigenvalue weighted by Gasteiger charge is 2.40. The Morgan fingerprint density at radius 1 is 1.33 bits per heavy atom. The van der Waals surface area contributed by atoms with Crippen molar-refractivity contribution in [1.29, 1.82) is 0 Å². The van der Waals surface area contributed by atoms with E-state index in [1.807, 2.05) is 40.9 Å². The molecule has 1 aromatic carbocycles. The molecule has 0 radical (unpaired) electrons. The van der Waals surface area contributed by atoms with Gasteiger partial charge in [-0.2, -0.15) is 0 Å². The fourth-order valence-electron chi connectivity index (χ4n) is 2.71. The van der Waals surface area contributed by atoms with Gasteiger partial charge in [-0.25, -0.2) is 4.79 Å². The Morgan fingerprint density at radius 3 is 2.62 bits per heavy atom. The zero-order valence-electron chi connectivity index (χ0n) is 12.1. The molecule has 1 N–H and O–H groups in total. The number of urea groups is 1. The quantitative estimate of drug-likeness (QED) is 0.913.